The molecule has 10 heteroatoms. The molecule has 0 spiro atoms. The number of ether oxygens (including phenoxy) is 1. The minimum Gasteiger partial charge on any atom is -0.457 e. The van der Waals surface area contributed by atoms with Gasteiger partial charge in [-0.15, -0.1) is 0 Å². The van der Waals surface area contributed by atoms with Gasteiger partial charge in [0.25, 0.3) is 0 Å². The van der Waals surface area contributed by atoms with Crippen LogP contribution in [-0.4, -0.2) is 47.2 Å². The zero-order chi connectivity index (χ0) is 26.4. The van der Waals surface area contributed by atoms with E-state index in [1.54, 1.807) is 24.3 Å². The third-order valence-electron chi connectivity index (χ3n) is 6.13. The molecule has 0 aromatic heterocycles. The van der Waals surface area contributed by atoms with Gasteiger partial charge in [-0.2, -0.15) is 0 Å². The molecule has 1 aliphatic rings. The maximum absolute atomic E-state index is 13.3. The van der Waals surface area contributed by atoms with Crippen molar-refractivity contribution >= 4 is 35.4 Å². The number of hydrogen-bond donors (Lipinski definition) is 3. The number of anilines is 1. The summed E-state index contributed by atoms with van der Waals surface area (Å²) in [4.78, 5) is 27.7. The molecule has 0 bridgehead atoms. The molecule has 0 radical (unpaired) electrons. The molecule has 2 atom stereocenters. The third kappa shape index (κ3) is 6.84. The Bertz CT molecular complexity index is 1260. The van der Waals surface area contributed by atoms with Crippen LogP contribution in [0.5, 0.6) is 11.5 Å². The average molecular weight is 524 g/mol. The highest BCUT2D eigenvalue weighted by Crippen LogP contribution is 2.30. The van der Waals surface area contributed by atoms with Crippen molar-refractivity contribution in [1.82, 2.24) is 9.91 Å². The Labute approximate surface area is 219 Å². The van der Waals surface area contributed by atoms with Crippen LogP contribution < -0.4 is 15.9 Å². The molecule has 4 rings (SSSR count). The van der Waals surface area contributed by atoms with Crippen LogP contribution in [0, 0.1) is 17.1 Å². The van der Waals surface area contributed by atoms with Crippen LogP contribution >= 0.6 is 11.6 Å². The highest BCUT2D eigenvalue weighted by molar-refractivity contribution is 6.31. The van der Waals surface area contributed by atoms with Gasteiger partial charge >= 0.3 is 0 Å². The van der Waals surface area contributed by atoms with Gasteiger partial charge in [-0.1, -0.05) is 29.8 Å². The molecular formula is C27H27ClFN5O3. The van der Waals surface area contributed by atoms with E-state index >= 15 is 0 Å². The molecule has 1 fully saturated rings. The Kier molecular flexibility index (Phi) is 8.37. The van der Waals surface area contributed by atoms with Crippen molar-refractivity contribution in [2.24, 2.45) is 11.8 Å². The van der Waals surface area contributed by atoms with Crippen molar-refractivity contribution in [2.75, 3.05) is 18.4 Å². The van der Waals surface area contributed by atoms with Crippen molar-refractivity contribution in [2.45, 2.75) is 18.9 Å². The van der Waals surface area contributed by atoms with Crippen molar-refractivity contribution in [1.29, 1.82) is 5.41 Å². The number of hydrazine groups is 1. The molecule has 4 N–H and O–H groups in total. The Morgan fingerprint density at radius 1 is 1.11 bits per heavy atom. The molecule has 2 unspecified atom stereocenters. The third-order valence-corrected chi connectivity index (χ3v) is 6.50. The first-order valence-electron chi connectivity index (χ1n) is 11.7. The molecule has 0 saturated carbocycles. The van der Waals surface area contributed by atoms with Crippen LogP contribution in [0.25, 0.3) is 0 Å². The lowest BCUT2D eigenvalue weighted by Gasteiger charge is -2.25. The van der Waals surface area contributed by atoms with Crippen LogP contribution in [0.4, 0.5) is 10.1 Å². The summed E-state index contributed by atoms with van der Waals surface area (Å²) in [6.45, 7) is 0.167. The second-order valence-electron chi connectivity index (χ2n) is 8.83. The summed E-state index contributed by atoms with van der Waals surface area (Å²) in [5.41, 5.74) is 1.50. The number of nitrogens with one attached hydrogen (secondary N) is 2. The van der Waals surface area contributed by atoms with E-state index in [1.165, 1.54) is 29.2 Å². The number of rotatable bonds is 9. The Balaban J connectivity index is 1.44. The van der Waals surface area contributed by atoms with Gasteiger partial charge in [0.2, 0.25) is 11.8 Å². The minimum atomic E-state index is -0.700. The lowest BCUT2D eigenvalue weighted by Crippen LogP contribution is -2.48. The zero-order valence-electron chi connectivity index (χ0n) is 19.9. The molecule has 192 valence electrons. The predicted octanol–water partition coefficient (Wildman–Crippen LogP) is 4.45. The van der Waals surface area contributed by atoms with Crippen molar-refractivity contribution < 1.29 is 18.7 Å². The number of halogens is 2. The van der Waals surface area contributed by atoms with Gasteiger partial charge in [-0.25, -0.2) is 10.2 Å². The molecule has 1 heterocycles. The fraction of sp³-hybridized carbons (Fsp3) is 0.222. The standard InChI is InChI=1S/C27H27ClFN5O3/c28-24-4-2-1-3-19(24)13-18-14-25(34(15-18)26(35)16-33(31)17-30)27(36)32-21-7-11-23(12-8-21)37-22-9-5-20(29)6-10-22/h1-12,17-18,25,30H,13-16,31H2,(H,32,36). The van der Waals surface area contributed by atoms with Gasteiger partial charge in [0.05, 0.1) is 6.34 Å². The number of likely N-dealkylation sites (tertiary alicyclic amines) is 1. The molecule has 2 amide bonds. The second-order valence-corrected chi connectivity index (χ2v) is 9.24. The van der Waals surface area contributed by atoms with E-state index in [1.807, 2.05) is 24.3 Å². The second kappa shape index (κ2) is 11.9. The van der Waals surface area contributed by atoms with Crippen molar-refractivity contribution in [3.05, 3.63) is 89.2 Å². The summed E-state index contributed by atoms with van der Waals surface area (Å²) in [7, 11) is 0. The number of carbonyl (C=O) groups is 2. The fourth-order valence-electron chi connectivity index (χ4n) is 4.33. The number of carbonyl (C=O) groups excluding carboxylic acids is 2. The van der Waals surface area contributed by atoms with E-state index in [0.29, 0.717) is 41.6 Å². The van der Waals surface area contributed by atoms with Gasteiger partial charge in [0, 0.05) is 17.3 Å². The fourth-order valence-corrected chi connectivity index (χ4v) is 4.55. The Hall–Kier alpha value is -3.95. The van der Waals surface area contributed by atoms with Gasteiger partial charge in [0.15, 0.2) is 0 Å². The zero-order valence-corrected chi connectivity index (χ0v) is 20.7. The lowest BCUT2D eigenvalue weighted by molar-refractivity contribution is -0.137. The van der Waals surface area contributed by atoms with Gasteiger partial charge in [-0.05, 0) is 78.9 Å². The predicted molar refractivity (Wildman–Crippen MR) is 140 cm³/mol. The van der Waals surface area contributed by atoms with Gasteiger partial charge in [0.1, 0.15) is 29.9 Å². The lowest BCUT2D eigenvalue weighted by atomic mass is 9.96. The van der Waals surface area contributed by atoms with E-state index < -0.39 is 6.04 Å². The number of nitrogens with two attached hydrogens (primary N) is 1. The van der Waals surface area contributed by atoms with Crippen LogP contribution in [0.1, 0.15) is 12.0 Å². The first kappa shape index (κ1) is 26.1. The monoisotopic (exact) mass is 523 g/mol. The normalized spacial score (nSPS) is 16.8. The Morgan fingerprint density at radius 3 is 2.41 bits per heavy atom. The summed E-state index contributed by atoms with van der Waals surface area (Å²) >= 11 is 6.33. The van der Waals surface area contributed by atoms with Crippen molar-refractivity contribution in [3.63, 3.8) is 0 Å². The van der Waals surface area contributed by atoms with Crippen LogP contribution in [0.2, 0.25) is 5.02 Å². The molecule has 37 heavy (non-hydrogen) atoms. The van der Waals surface area contributed by atoms with Crippen LogP contribution in [-0.2, 0) is 16.0 Å². The first-order chi connectivity index (χ1) is 17.8. The van der Waals surface area contributed by atoms with Gasteiger partial charge in [-0.3, -0.25) is 20.0 Å². The molecule has 1 saturated heterocycles. The Morgan fingerprint density at radius 2 is 1.76 bits per heavy atom. The van der Waals surface area contributed by atoms with E-state index in [0.717, 1.165) is 16.9 Å². The first-order valence-corrected chi connectivity index (χ1v) is 12.1. The topological polar surface area (TPSA) is 112 Å². The van der Waals surface area contributed by atoms with E-state index in [4.69, 9.17) is 27.6 Å². The number of amides is 2. The highest BCUT2D eigenvalue weighted by atomic mass is 35.5. The highest BCUT2D eigenvalue weighted by Gasteiger charge is 2.39. The summed E-state index contributed by atoms with van der Waals surface area (Å²) < 4.78 is 18.8. The van der Waals surface area contributed by atoms with Crippen LogP contribution in [0.3, 0.4) is 0 Å². The molecule has 0 aliphatic carbocycles. The minimum absolute atomic E-state index is 0.0253. The summed E-state index contributed by atoms with van der Waals surface area (Å²) in [6.07, 6.45) is 1.95. The van der Waals surface area contributed by atoms with Gasteiger partial charge < -0.3 is 15.0 Å². The summed E-state index contributed by atoms with van der Waals surface area (Å²) in [5, 5.41) is 11.7. The number of hydrogen-bond acceptors (Lipinski definition) is 5. The summed E-state index contributed by atoms with van der Waals surface area (Å²) in [6, 6.07) is 19.2. The largest absolute Gasteiger partial charge is 0.457 e. The smallest absolute Gasteiger partial charge is 0.247 e. The van der Waals surface area contributed by atoms with Crippen molar-refractivity contribution in [3.8, 4) is 11.5 Å². The number of benzene rings is 3. The van der Waals surface area contributed by atoms with E-state index in [9.17, 15) is 14.0 Å². The molecular weight excluding hydrogens is 497 g/mol. The number of nitrogens with zero attached hydrogens (tertiary/aromatic N) is 2. The molecule has 3 aromatic rings. The van der Waals surface area contributed by atoms with Crippen LogP contribution in [0.15, 0.2) is 72.8 Å². The summed E-state index contributed by atoms with van der Waals surface area (Å²) in [5.74, 6) is 5.67. The SMILES string of the molecule is N=CN(N)CC(=O)N1CC(Cc2ccccc2Cl)CC1C(=O)Nc1ccc(Oc2ccc(F)cc2)cc1. The van der Waals surface area contributed by atoms with E-state index in [2.05, 4.69) is 5.32 Å². The average Bonchev–Trinajstić information content (AvgIpc) is 3.32. The molecule has 3 aromatic carbocycles. The molecule has 1 aliphatic heterocycles. The quantitative estimate of drug-likeness (QED) is 0.166. The van der Waals surface area contributed by atoms with E-state index in [-0.39, 0.29) is 30.1 Å². The maximum atomic E-state index is 13.3. The molecule has 8 nitrogen and oxygen atoms in total. The maximum Gasteiger partial charge on any atom is 0.247 e.